The summed E-state index contributed by atoms with van der Waals surface area (Å²) in [6, 6.07) is 0. The van der Waals surface area contributed by atoms with Gasteiger partial charge in [0.1, 0.15) is 5.01 Å². The van der Waals surface area contributed by atoms with Gasteiger partial charge in [0, 0.05) is 19.0 Å². The summed E-state index contributed by atoms with van der Waals surface area (Å²) in [5.74, 6) is 1.29. The average molecular weight is 480 g/mol. The van der Waals surface area contributed by atoms with E-state index in [4.69, 9.17) is 4.74 Å². The molecule has 1 aromatic heterocycles. The van der Waals surface area contributed by atoms with Crippen molar-refractivity contribution in [2.24, 2.45) is 4.99 Å². The predicted octanol–water partition coefficient (Wildman–Crippen LogP) is 4.29. The topological polar surface area (TPSA) is 58.5 Å². The summed E-state index contributed by atoms with van der Waals surface area (Å²) >= 11 is 1.70. The predicted molar refractivity (Wildman–Crippen MR) is 117 cm³/mol. The standard InChI is InChI=1S/C18H32N4OS.HI/c1-14(2)16-13-24-17(22-16)12-21-18(19-3)20-10-11-23-15-8-6-4-5-7-9-15;/h13-15H,4-12H2,1-3H3,(H2,19,20,21);1H. The van der Waals surface area contributed by atoms with Gasteiger partial charge >= 0.3 is 0 Å². The maximum atomic E-state index is 5.99. The first-order valence-electron chi connectivity index (χ1n) is 9.19. The van der Waals surface area contributed by atoms with E-state index in [-0.39, 0.29) is 24.0 Å². The molecule has 1 aliphatic carbocycles. The molecule has 0 unspecified atom stereocenters. The van der Waals surface area contributed by atoms with Gasteiger partial charge in [-0.3, -0.25) is 4.99 Å². The highest BCUT2D eigenvalue weighted by molar-refractivity contribution is 14.0. The SMILES string of the molecule is CN=C(NCCOC1CCCCCC1)NCc1nc(C(C)C)cs1.I. The maximum Gasteiger partial charge on any atom is 0.191 e. The van der Waals surface area contributed by atoms with Crippen molar-refractivity contribution in [3.05, 3.63) is 16.1 Å². The van der Waals surface area contributed by atoms with E-state index in [9.17, 15) is 0 Å². The van der Waals surface area contributed by atoms with Crippen LogP contribution in [0.15, 0.2) is 10.4 Å². The first-order valence-corrected chi connectivity index (χ1v) is 10.1. The fourth-order valence-corrected chi connectivity index (χ4v) is 3.75. The quantitative estimate of drug-likeness (QED) is 0.201. The number of hydrogen-bond acceptors (Lipinski definition) is 4. The lowest BCUT2D eigenvalue weighted by Crippen LogP contribution is -2.38. The Kier molecular flexibility index (Phi) is 11.6. The van der Waals surface area contributed by atoms with Crippen LogP contribution in [0.4, 0.5) is 0 Å². The molecule has 1 aliphatic rings. The molecule has 0 atom stereocenters. The minimum absolute atomic E-state index is 0. The van der Waals surface area contributed by atoms with Crippen molar-refractivity contribution in [2.45, 2.75) is 70.9 Å². The van der Waals surface area contributed by atoms with Crippen molar-refractivity contribution in [3.8, 4) is 0 Å². The van der Waals surface area contributed by atoms with Gasteiger partial charge in [-0.25, -0.2) is 4.98 Å². The number of aromatic nitrogens is 1. The molecule has 0 spiro atoms. The van der Waals surface area contributed by atoms with Crippen LogP contribution in [0.2, 0.25) is 0 Å². The van der Waals surface area contributed by atoms with E-state index in [1.54, 1.807) is 18.4 Å². The van der Waals surface area contributed by atoms with Crippen LogP contribution in [-0.4, -0.2) is 37.2 Å². The van der Waals surface area contributed by atoms with Gasteiger partial charge in [0.15, 0.2) is 5.96 Å². The van der Waals surface area contributed by atoms with E-state index in [1.807, 2.05) is 0 Å². The van der Waals surface area contributed by atoms with Gasteiger partial charge in [-0.2, -0.15) is 0 Å². The lowest BCUT2D eigenvalue weighted by atomic mass is 10.1. The molecule has 0 radical (unpaired) electrons. The van der Waals surface area contributed by atoms with Crippen molar-refractivity contribution in [1.29, 1.82) is 0 Å². The highest BCUT2D eigenvalue weighted by Gasteiger charge is 2.12. The molecule has 0 aromatic carbocycles. The highest BCUT2D eigenvalue weighted by Crippen LogP contribution is 2.19. The second-order valence-electron chi connectivity index (χ2n) is 6.66. The van der Waals surface area contributed by atoms with Gasteiger partial charge in [-0.1, -0.05) is 39.5 Å². The van der Waals surface area contributed by atoms with Crippen LogP contribution < -0.4 is 10.6 Å². The Bertz CT molecular complexity index is 499. The summed E-state index contributed by atoms with van der Waals surface area (Å²) in [5, 5.41) is 9.86. The molecule has 2 rings (SSSR count). The van der Waals surface area contributed by atoms with E-state index >= 15 is 0 Å². The summed E-state index contributed by atoms with van der Waals surface area (Å²) in [6.45, 7) is 6.56. The van der Waals surface area contributed by atoms with Gasteiger partial charge in [-0.05, 0) is 18.8 Å². The van der Waals surface area contributed by atoms with Gasteiger partial charge in [-0.15, -0.1) is 35.3 Å². The summed E-state index contributed by atoms with van der Waals surface area (Å²) in [7, 11) is 1.79. The zero-order valence-corrected chi connectivity index (χ0v) is 18.9. The normalized spacial score (nSPS) is 16.4. The van der Waals surface area contributed by atoms with Crippen LogP contribution in [0, 0.1) is 0 Å². The monoisotopic (exact) mass is 480 g/mol. The molecule has 1 fully saturated rings. The van der Waals surface area contributed by atoms with Gasteiger partial charge < -0.3 is 15.4 Å². The van der Waals surface area contributed by atoms with Crippen molar-refractivity contribution in [2.75, 3.05) is 20.2 Å². The number of thiazole rings is 1. The summed E-state index contributed by atoms with van der Waals surface area (Å²) in [6.07, 6.45) is 8.24. The molecule has 0 bridgehead atoms. The number of aliphatic imine (C=N–C) groups is 1. The molecule has 0 saturated heterocycles. The Labute approximate surface area is 173 Å². The lowest BCUT2D eigenvalue weighted by molar-refractivity contribution is 0.0468. The number of rotatable bonds is 7. The van der Waals surface area contributed by atoms with Crippen molar-refractivity contribution in [1.82, 2.24) is 15.6 Å². The van der Waals surface area contributed by atoms with Crippen LogP contribution in [-0.2, 0) is 11.3 Å². The van der Waals surface area contributed by atoms with E-state index < -0.39 is 0 Å². The summed E-state index contributed by atoms with van der Waals surface area (Å²) in [5.41, 5.74) is 1.16. The third kappa shape index (κ3) is 8.68. The molecular formula is C18H33IN4OS. The Morgan fingerprint density at radius 3 is 2.60 bits per heavy atom. The van der Waals surface area contributed by atoms with E-state index in [2.05, 4.69) is 39.8 Å². The van der Waals surface area contributed by atoms with Crippen molar-refractivity contribution in [3.63, 3.8) is 0 Å². The largest absolute Gasteiger partial charge is 0.376 e. The van der Waals surface area contributed by atoms with Crippen LogP contribution in [0.1, 0.15) is 69.0 Å². The van der Waals surface area contributed by atoms with Crippen LogP contribution in [0.25, 0.3) is 0 Å². The van der Waals surface area contributed by atoms with Gasteiger partial charge in [0.05, 0.1) is 24.9 Å². The first-order chi connectivity index (χ1) is 11.7. The van der Waals surface area contributed by atoms with E-state index in [0.29, 0.717) is 18.6 Å². The number of nitrogens with one attached hydrogen (secondary N) is 2. The number of nitrogens with zero attached hydrogens (tertiary/aromatic N) is 2. The molecule has 7 heteroatoms. The molecule has 25 heavy (non-hydrogen) atoms. The second-order valence-corrected chi connectivity index (χ2v) is 7.60. The molecular weight excluding hydrogens is 447 g/mol. The van der Waals surface area contributed by atoms with Crippen LogP contribution in [0.3, 0.4) is 0 Å². The molecule has 1 saturated carbocycles. The number of ether oxygens (including phenoxy) is 1. The fraction of sp³-hybridized carbons (Fsp3) is 0.778. The Balaban J connectivity index is 0.00000312. The summed E-state index contributed by atoms with van der Waals surface area (Å²) < 4.78 is 5.99. The molecule has 1 aromatic rings. The van der Waals surface area contributed by atoms with Crippen LogP contribution >= 0.6 is 35.3 Å². The van der Waals surface area contributed by atoms with E-state index in [0.717, 1.165) is 29.8 Å². The van der Waals surface area contributed by atoms with Gasteiger partial charge in [0.25, 0.3) is 0 Å². The third-order valence-corrected chi connectivity index (χ3v) is 5.21. The number of guanidine groups is 1. The average Bonchev–Trinajstić information content (AvgIpc) is 2.91. The molecule has 0 aliphatic heterocycles. The Morgan fingerprint density at radius 2 is 2.00 bits per heavy atom. The Hall–Kier alpha value is -0.410. The molecule has 5 nitrogen and oxygen atoms in total. The number of halogens is 1. The zero-order chi connectivity index (χ0) is 17.2. The van der Waals surface area contributed by atoms with Crippen molar-refractivity contribution >= 4 is 41.3 Å². The zero-order valence-electron chi connectivity index (χ0n) is 15.7. The van der Waals surface area contributed by atoms with Crippen molar-refractivity contribution < 1.29 is 4.74 Å². The van der Waals surface area contributed by atoms with E-state index in [1.165, 1.54) is 38.5 Å². The molecule has 1 heterocycles. The summed E-state index contributed by atoms with van der Waals surface area (Å²) in [4.78, 5) is 8.89. The Morgan fingerprint density at radius 1 is 1.28 bits per heavy atom. The molecule has 144 valence electrons. The van der Waals surface area contributed by atoms with Gasteiger partial charge in [0.2, 0.25) is 0 Å². The maximum absolute atomic E-state index is 5.99. The smallest absolute Gasteiger partial charge is 0.191 e. The first kappa shape index (κ1) is 22.6. The number of hydrogen-bond donors (Lipinski definition) is 2. The molecule has 0 amide bonds. The second kappa shape index (κ2) is 12.9. The fourth-order valence-electron chi connectivity index (χ4n) is 2.86. The highest BCUT2D eigenvalue weighted by atomic mass is 127. The lowest BCUT2D eigenvalue weighted by Gasteiger charge is -2.16. The third-order valence-electron chi connectivity index (χ3n) is 4.34. The van der Waals surface area contributed by atoms with Crippen LogP contribution in [0.5, 0.6) is 0 Å². The molecule has 2 N–H and O–H groups in total. The minimum atomic E-state index is 0. The minimum Gasteiger partial charge on any atom is -0.376 e.